The van der Waals surface area contributed by atoms with Gasteiger partial charge in [0.25, 0.3) is 0 Å². The van der Waals surface area contributed by atoms with Crippen molar-refractivity contribution in [1.82, 2.24) is 10.2 Å². The topological polar surface area (TPSA) is 27.7 Å². The summed E-state index contributed by atoms with van der Waals surface area (Å²) in [5.41, 5.74) is 2.47. The molecule has 106 valence electrons. The summed E-state index contributed by atoms with van der Waals surface area (Å²) < 4.78 is 5.75. The second-order valence-corrected chi connectivity index (χ2v) is 5.21. The van der Waals surface area contributed by atoms with E-state index in [9.17, 15) is 0 Å². The van der Waals surface area contributed by atoms with Crippen LogP contribution in [0.5, 0.6) is 0 Å². The highest BCUT2D eigenvalue weighted by molar-refractivity contribution is 5.45. The van der Waals surface area contributed by atoms with Gasteiger partial charge in [-0.15, -0.1) is 0 Å². The summed E-state index contributed by atoms with van der Waals surface area (Å²) >= 11 is 0. The monoisotopic (exact) mass is 263 g/mol. The summed E-state index contributed by atoms with van der Waals surface area (Å²) in [4.78, 5) is 4.56. The first-order chi connectivity index (χ1) is 9.25. The van der Waals surface area contributed by atoms with E-state index in [-0.39, 0.29) is 0 Å². The van der Waals surface area contributed by atoms with Crippen molar-refractivity contribution in [1.29, 1.82) is 0 Å². The maximum Gasteiger partial charge on any atom is 0.0717 e. The number of benzene rings is 1. The smallest absolute Gasteiger partial charge is 0.0717 e. The molecule has 1 N–H and O–H groups in total. The van der Waals surface area contributed by atoms with Crippen molar-refractivity contribution in [3.8, 4) is 0 Å². The SMILES string of the molecule is CN(C)c1ccc(COCCN2CCNCC2)cc1. The number of ether oxygens (including phenoxy) is 1. The normalized spacial score (nSPS) is 16.5. The lowest BCUT2D eigenvalue weighted by molar-refractivity contribution is 0.0886. The minimum Gasteiger partial charge on any atom is -0.378 e. The highest BCUT2D eigenvalue weighted by Crippen LogP contribution is 2.12. The Labute approximate surface area is 116 Å². The van der Waals surface area contributed by atoms with Crippen LogP contribution in [-0.4, -0.2) is 58.3 Å². The number of piperazine rings is 1. The zero-order chi connectivity index (χ0) is 13.5. The van der Waals surface area contributed by atoms with E-state index in [1.54, 1.807) is 0 Å². The van der Waals surface area contributed by atoms with Gasteiger partial charge in [-0.25, -0.2) is 0 Å². The third-order valence-corrected chi connectivity index (χ3v) is 3.48. The van der Waals surface area contributed by atoms with Crippen molar-refractivity contribution in [2.45, 2.75) is 6.61 Å². The number of nitrogens with one attached hydrogen (secondary N) is 1. The average molecular weight is 263 g/mol. The molecular weight excluding hydrogens is 238 g/mol. The Kier molecular flexibility index (Phi) is 5.63. The van der Waals surface area contributed by atoms with E-state index in [1.807, 2.05) is 0 Å². The van der Waals surface area contributed by atoms with Crippen LogP contribution in [0.4, 0.5) is 5.69 Å². The summed E-state index contributed by atoms with van der Waals surface area (Å²) in [6, 6.07) is 8.55. The minimum absolute atomic E-state index is 0.708. The molecule has 0 atom stereocenters. The van der Waals surface area contributed by atoms with E-state index in [0.29, 0.717) is 6.61 Å². The van der Waals surface area contributed by atoms with E-state index in [1.165, 1.54) is 11.3 Å². The van der Waals surface area contributed by atoms with Crippen LogP contribution >= 0.6 is 0 Å². The summed E-state index contributed by atoms with van der Waals surface area (Å²) in [7, 11) is 4.11. The van der Waals surface area contributed by atoms with Gasteiger partial charge < -0.3 is 15.0 Å². The molecule has 1 fully saturated rings. The standard InChI is InChI=1S/C15H25N3O/c1-17(2)15-5-3-14(4-6-15)13-19-12-11-18-9-7-16-8-10-18/h3-6,16H,7-13H2,1-2H3. The van der Waals surface area contributed by atoms with Gasteiger partial charge in [0, 0.05) is 52.5 Å². The summed E-state index contributed by atoms with van der Waals surface area (Å²) in [6.45, 7) is 7.05. The van der Waals surface area contributed by atoms with Crippen LogP contribution < -0.4 is 10.2 Å². The van der Waals surface area contributed by atoms with E-state index in [0.717, 1.165) is 39.3 Å². The molecule has 1 aromatic rings. The van der Waals surface area contributed by atoms with Crippen molar-refractivity contribution in [2.75, 3.05) is 58.3 Å². The second kappa shape index (κ2) is 7.48. The largest absolute Gasteiger partial charge is 0.378 e. The molecule has 0 saturated carbocycles. The van der Waals surface area contributed by atoms with Crippen LogP contribution in [0, 0.1) is 0 Å². The first-order valence-corrected chi connectivity index (χ1v) is 7.03. The highest BCUT2D eigenvalue weighted by atomic mass is 16.5. The van der Waals surface area contributed by atoms with Gasteiger partial charge in [-0.2, -0.15) is 0 Å². The highest BCUT2D eigenvalue weighted by Gasteiger charge is 2.08. The van der Waals surface area contributed by atoms with E-state index < -0.39 is 0 Å². The molecule has 1 heterocycles. The minimum atomic E-state index is 0.708. The number of hydrogen-bond donors (Lipinski definition) is 1. The quantitative estimate of drug-likeness (QED) is 0.780. The fraction of sp³-hybridized carbons (Fsp3) is 0.600. The van der Waals surface area contributed by atoms with Crippen LogP contribution in [0.1, 0.15) is 5.56 Å². The molecule has 2 rings (SSSR count). The number of nitrogens with zero attached hydrogens (tertiary/aromatic N) is 2. The maximum atomic E-state index is 5.75. The lowest BCUT2D eigenvalue weighted by Crippen LogP contribution is -2.44. The second-order valence-electron chi connectivity index (χ2n) is 5.21. The fourth-order valence-corrected chi connectivity index (χ4v) is 2.21. The molecule has 4 nitrogen and oxygen atoms in total. The van der Waals surface area contributed by atoms with E-state index >= 15 is 0 Å². The lowest BCUT2D eigenvalue weighted by atomic mass is 10.2. The van der Waals surface area contributed by atoms with Gasteiger partial charge in [-0.1, -0.05) is 12.1 Å². The van der Waals surface area contributed by atoms with Crippen molar-refractivity contribution in [3.63, 3.8) is 0 Å². The molecule has 0 unspecified atom stereocenters. The Balaban J connectivity index is 1.64. The molecule has 0 amide bonds. The molecule has 0 aliphatic carbocycles. The van der Waals surface area contributed by atoms with Crippen molar-refractivity contribution in [3.05, 3.63) is 29.8 Å². The Bertz CT molecular complexity index is 358. The molecular formula is C15H25N3O. The number of anilines is 1. The van der Waals surface area contributed by atoms with Crippen molar-refractivity contribution < 1.29 is 4.74 Å². The number of rotatable bonds is 6. The predicted octanol–water partition coefficient (Wildman–Crippen LogP) is 1.17. The van der Waals surface area contributed by atoms with Gasteiger partial charge in [0.1, 0.15) is 0 Å². The van der Waals surface area contributed by atoms with Crippen LogP contribution in [0.25, 0.3) is 0 Å². The Morgan fingerprint density at radius 1 is 1.16 bits per heavy atom. The van der Waals surface area contributed by atoms with Gasteiger partial charge in [0.2, 0.25) is 0 Å². The molecule has 0 spiro atoms. The molecule has 0 radical (unpaired) electrons. The predicted molar refractivity (Wildman–Crippen MR) is 79.7 cm³/mol. The van der Waals surface area contributed by atoms with Gasteiger partial charge >= 0.3 is 0 Å². The number of hydrogen-bond acceptors (Lipinski definition) is 4. The molecule has 1 aliphatic heterocycles. The van der Waals surface area contributed by atoms with Crippen LogP contribution in [-0.2, 0) is 11.3 Å². The van der Waals surface area contributed by atoms with E-state index in [4.69, 9.17) is 4.74 Å². The van der Waals surface area contributed by atoms with Crippen LogP contribution in [0.3, 0.4) is 0 Å². The van der Waals surface area contributed by atoms with E-state index in [2.05, 4.69) is 53.5 Å². The van der Waals surface area contributed by atoms with Gasteiger partial charge in [0.05, 0.1) is 13.2 Å². The summed E-state index contributed by atoms with van der Waals surface area (Å²) in [5.74, 6) is 0. The van der Waals surface area contributed by atoms with Crippen LogP contribution in [0.15, 0.2) is 24.3 Å². The molecule has 0 bridgehead atoms. The fourth-order valence-electron chi connectivity index (χ4n) is 2.21. The zero-order valence-electron chi connectivity index (χ0n) is 12.1. The van der Waals surface area contributed by atoms with Gasteiger partial charge in [-0.3, -0.25) is 4.90 Å². The molecule has 4 heteroatoms. The first-order valence-electron chi connectivity index (χ1n) is 7.03. The van der Waals surface area contributed by atoms with Crippen molar-refractivity contribution in [2.24, 2.45) is 0 Å². The Morgan fingerprint density at radius 2 is 1.84 bits per heavy atom. The molecule has 1 saturated heterocycles. The summed E-state index contributed by atoms with van der Waals surface area (Å²) in [6.07, 6.45) is 0. The Hall–Kier alpha value is -1.10. The average Bonchev–Trinajstić information content (AvgIpc) is 2.45. The molecule has 1 aliphatic rings. The van der Waals surface area contributed by atoms with Crippen molar-refractivity contribution >= 4 is 5.69 Å². The molecule has 0 aromatic heterocycles. The Morgan fingerprint density at radius 3 is 2.47 bits per heavy atom. The third-order valence-electron chi connectivity index (χ3n) is 3.48. The zero-order valence-corrected chi connectivity index (χ0v) is 12.1. The molecule has 1 aromatic carbocycles. The van der Waals surface area contributed by atoms with Gasteiger partial charge in [0.15, 0.2) is 0 Å². The first kappa shape index (κ1) is 14.3. The van der Waals surface area contributed by atoms with Crippen LogP contribution in [0.2, 0.25) is 0 Å². The third kappa shape index (κ3) is 4.82. The van der Waals surface area contributed by atoms with Gasteiger partial charge in [-0.05, 0) is 17.7 Å². The summed E-state index contributed by atoms with van der Waals surface area (Å²) in [5, 5.41) is 3.36. The lowest BCUT2D eigenvalue weighted by Gasteiger charge is -2.26. The molecule has 19 heavy (non-hydrogen) atoms. The maximum absolute atomic E-state index is 5.75.